The number of esters is 2. The van der Waals surface area contributed by atoms with Crippen LogP contribution in [0.15, 0.2) is 24.3 Å². The van der Waals surface area contributed by atoms with E-state index in [2.05, 4.69) is 4.74 Å². The van der Waals surface area contributed by atoms with E-state index in [9.17, 15) is 33.0 Å². The fourth-order valence-corrected chi connectivity index (χ4v) is 2.06. The van der Waals surface area contributed by atoms with Gasteiger partial charge >= 0.3 is 18.1 Å². The zero-order chi connectivity index (χ0) is 17.2. The van der Waals surface area contributed by atoms with Crippen LogP contribution in [0.4, 0.5) is 13.2 Å². The molecule has 2 N–H and O–H groups in total. The molecule has 126 valence electrons. The Kier molecular flexibility index (Phi) is 4.90. The van der Waals surface area contributed by atoms with Crippen molar-refractivity contribution < 1.29 is 42.4 Å². The SMILES string of the molecule is O=C1C[C@@H](O)[C@@H]([C@H](O)COC(=O)c2cccc(C(F)(F)F)c2)O1. The Labute approximate surface area is 128 Å². The summed E-state index contributed by atoms with van der Waals surface area (Å²) in [5, 5.41) is 19.2. The van der Waals surface area contributed by atoms with Crippen LogP contribution in [0.2, 0.25) is 0 Å². The number of rotatable bonds is 4. The highest BCUT2D eigenvalue weighted by Gasteiger charge is 2.39. The standard InChI is InChI=1S/C14H13F3O6/c15-14(16,17)8-3-1-2-7(4-8)13(21)22-6-10(19)12-9(18)5-11(20)23-12/h1-4,9-10,12,18-19H,5-6H2/t9-,10-,12+/m1/s1. The maximum absolute atomic E-state index is 12.6. The highest BCUT2D eigenvalue weighted by atomic mass is 19.4. The van der Waals surface area contributed by atoms with Gasteiger partial charge in [-0.2, -0.15) is 13.2 Å². The van der Waals surface area contributed by atoms with Crippen LogP contribution in [0.25, 0.3) is 0 Å². The first kappa shape index (κ1) is 17.2. The summed E-state index contributed by atoms with van der Waals surface area (Å²) in [5.41, 5.74) is -1.34. The Morgan fingerprint density at radius 1 is 1.43 bits per heavy atom. The lowest BCUT2D eigenvalue weighted by atomic mass is 10.1. The van der Waals surface area contributed by atoms with Crippen LogP contribution < -0.4 is 0 Å². The molecule has 3 atom stereocenters. The molecule has 0 spiro atoms. The molecule has 0 aliphatic carbocycles. The van der Waals surface area contributed by atoms with Crippen molar-refractivity contribution in [2.45, 2.75) is 30.9 Å². The molecule has 0 amide bonds. The molecule has 6 nitrogen and oxygen atoms in total. The van der Waals surface area contributed by atoms with Gasteiger partial charge in [0.05, 0.1) is 17.5 Å². The van der Waals surface area contributed by atoms with Gasteiger partial charge in [-0.25, -0.2) is 4.79 Å². The monoisotopic (exact) mass is 334 g/mol. The fourth-order valence-electron chi connectivity index (χ4n) is 2.06. The van der Waals surface area contributed by atoms with Gasteiger partial charge < -0.3 is 19.7 Å². The van der Waals surface area contributed by atoms with Crippen molar-refractivity contribution in [1.82, 2.24) is 0 Å². The molecule has 1 heterocycles. The predicted octanol–water partition coefficient (Wildman–Crippen LogP) is 0.899. The average molecular weight is 334 g/mol. The normalized spacial score (nSPS) is 22.6. The van der Waals surface area contributed by atoms with Gasteiger partial charge in [0.2, 0.25) is 0 Å². The van der Waals surface area contributed by atoms with Crippen LogP contribution in [0.3, 0.4) is 0 Å². The second-order valence-electron chi connectivity index (χ2n) is 4.97. The molecular formula is C14H13F3O6. The number of halogens is 3. The third kappa shape index (κ3) is 4.20. The van der Waals surface area contributed by atoms with Crippen LogP contribution in [0.5, 0.6) is 0 Å². The Hall–Kier alpha value is -2.13. The maximum Gasteiger partial charge on any atom is 0.416 e. The Morgan fingerprint density at radius 2 is 2.13 bits per heavy atom. The summed E-state index contributed by atoms with van der Waals surface area (Å²) in [6.07, 6.45) is -8.84. The Bertz CT molecular complexity index is 600. The first-order valence-electron chi connectivity index (χ1n) is 6.58. The van der Waals surface area contributed by atoms with Gasteiger partial charge in [-0.3, -0.25) is 4.79 Å². The second-order valence-corrected chi connectivity index (χ2v) is 4.97. The van der Waals surface area contributed by atoms with Crippen molar-refractivity contribution in [2.75, 3.05) is 6.61 Å². The lowest BCUT2D eigenvalue weighted by molar-refractivity contribution is -0.148. The van der Waals surface area contributed by atoms with Crippen LogP contribution in [0, 0.1) is 0 Å². The summed E-state index contributed by atoms with van der Waals surface area (Å²) in [6.45, 7) is -0.635. The molecule has 1 saturated heterocycles. The number of carbonyl (C=O) groups excluding carboxylic acids is 2. The minimum absolute atomic E-state index is 0.288. The fraction of sp³-hybridized carbons (Fsp3) is 0.429. The lowest BCUT2D eigenvalue weighted by Gasteiger charge is -2.19. The molecule has 0 radical (unpaired) electrons. The number of cyclic esters (lactones) is 1. The number of alkyl halides is 3. The summed E-state index contributed by atoms with van der Waals surface area (Å²) in [5.74, 6) is -1.78. The predicted molar refractivity (Wildman–Crippen MR) is 68.2 cm³/mol. The van der Waals surface area contributed by atoms with Crippen molar-refractivity contribution in [3.8, 4) is 0 Å². The summed E-state index contributed by atoms with van der Waals surface area (Å²) < 4.78 is 47.0. The molecule has 23 heavy (non-hydrogen) atoms. The van der Waals surface area contributed by atoms with E-state index in [1.807, 2.05) is 0 Å². The molecule has 0 unspecified atom stereocenters. The van der Waals surface area contributed by atoms with E-state index in [0.717, 1.165) is 18.2 Å². The Morgan fingerprint density at radius 3 is 2.70 bits per heavy atom. The van der Waals surface area contributed by atoms with Gasteiger partial charge in [-0.05, 0) is 18.2 Å². The van der Waals surface area contributed by atoms with Crippen molar-refractivity contribution in [3.63, 3.8) is 0 Å². The van der Waals surface area contributed by atoms with Crippen LogP contribution >= 0.6 is 0 Å². The third-order valence-corrected chi connectivity index (χ3v) is 3.21. The van der Waals surface area contributed by atoms with Gasteiger partial charge in [-0.15, -0.1) is 0 Å². The highest BCUT2D eigenvalue weighted by molar-refractivity contribution is 5.89. The summed E-state index contributed by atoms with van der Waals surface area (Å²) >= 11 is 0. The number of aliphatic hydroxyl groups excluding tert-OH is 2. The van der Waals surface area contributed by atoms with Crippen LogP contribution in [-0.2, 0) is 20.4 Å². The molecule has 2 rings (SSSR count). The summed E-state index contributed by atoms with van der Waals surface area (Å²) in [4.78, 5) is 22.7. The quantitative estimate of drug-likeness (QED) is 0.795. The number of benzene rings is 1. The molecular weight excluding hydrogens is 321 g/mol. The smallest absolute Gasteiger partial charge is 0.416 e. The number of hydrogen-bond donors (Lipinski definition) is 2. The molecule has 1 aliphatic heterocycles. The Balaban J connectivity index is 1.96. The van der Waals surface area contributed by atoms with Gasteiger partial charge in [-0.1, -0.05) is 6.07 Å². The largest absolute Gasteiger partial charge is 0.459 e. The summed E-state index contributed by atoms with van der Waals surface area (Å²) in [6, 6.07) is 3.62. The lowest BCUT2D eigenvalue weighted by Crippen LogP contribution is -2.38. The molecule has 1 fully saturated rings. The maximum atomic E-state index is 12.6. The summed E-state index contributed by atoms with van der Waals surface area (Å²) in [7, 11) is 0. The molecule has 1 aromatic rings. The van der Waals surface area contributed by atoms with Crippen LogP contribution in [0.1, 0.15) is 22.3 Å². The van der Waals surface area contributed by atoms with Crippen molar-refractivity contribution >= 4 is 11.9 Å². The molecule has 0 aromatic heterocycles. The van der Waals surface area contributed by atoms with E-state index >= 15 is 0 Å². The van der Waals surface area contributed by atoms with Gasteiger partial charge in [0.1, 0.15) is 18.8 Å². The van der Waals surface area contributed by atoms with Crippen molar-refractivity contribution in [1.29, 1.82) is 0 Å². The second kappa shape index (κ2) is 6.55. The minimum Gasteiger partial charge on any atom is -0.459 e. The van der Waals surface area contributed by atoms with Crippen molar-refractivity contribution in [3.05, 3.63) is 35.4 Å². The van der Waals surface area contributed by atoms with E-state index in [-0.39, 0.29) is 12.0 Å². The zero-order valence-electron chi connectivity index (χ0n) is 11.6. The third-order valence-electron chi connectivity index (χ3n) is 3.21. The van der Waals surface area contributed by atoms with Crippen molar-refractivity contribution in [2.24, 2.45) is 0 Å². The molecule has 0 bridgehead atoms. The highest BCUT2D eigenvalue weighted by Crippen LogP contribution is 2.29. The van der Waals surface area contributed by atoms with E-state index in [1.165, 1.54) is 0 Å². The first-order chi connectivity index (χ1) is 10.7. The molecule has 1 aromatic carbocycles. The zero-order valence-corrected chi connectivity index (χ0v) is 11.6. The van der Waals surface area contributed by atoms with E-state index in [4.69, 9.17) is 4.74 Å². The van der Waals surface area contributed by atoms with Gasteiger partial charge in [0.25, 0.3) is 0 Å². The van der Waals surface area contributed by atoms with E-state index in [1.54, 1.807) is 0 Å². The number of hydrogen-bond acceptors (Lipinski definition) is 6. The number of carbonyl (C=O) groups is 2. The average Bonchev–Trinajstić information content (AvgIpc) is 2.82. The minimum atomic E-state index is -4.60. The number of ether oxygens (including phenoxy) is 2. The van der Waals surface area contributed by atoms with E-state index < -0.39 is 48.6 Å². The van der Waals surface area contributed by atoms with Gasteiger partial charge in [0.15, 0.2) is 6.10 Å². The van der Waals surface area contributed by atoms with E-state index in [0.29, 0.717) is 6.07 Å². The first-order valence-corrected chi connectivity index (χ1v) is 6.58. The molecule has 9 heteroatoms. The van der Waals surface area contributed by atoms with Crippen LogP contribution in [-0.4, -0.2) is 47.1 Å². The number of aliphatic hydroxyl groups is 2. The molecule has 1 aliphatic rings. The topological polar surface area (TPSA) is 93.1 Å². The molecule has 0 saturated carbocycles. The van der Waals surface area contributed by atoms with Gasteiger partial charge in [0, 0.05) is 0 Å².